The standard InChI is InChI=1S/C13H16F3N3O/c14-13(15,16)4-1-5-18-11-7-10-8(6-9(11)17)2-3-12(20)19-10/h6-7,18H,1-5,17H2,(H,19,20). The van der Waals surface area contributed by atoms with Gasteiger partial charge in [0, 0.05) is 25.1 Å². The Morgan fingerprint density at radius 1 is 1.30 bits per heavy atom. The Balaban J connectivity index is 1.98. The van der Waals surface area contributed by atoms with Crippen LogP contribution in [0.15, 0.2) is 12.1 Å². The summed E-state index contributed by atoms with van der Waals surface area (Å²) in [7, 11) is 0. The highest BCUT2D eigenvalue weighted by Crippen LogP contribution is 2.31. The van der Waals surface area contributed by atoms with Crippen LogP contribution in [0.25, 0.3) is 0 Å². The van der Waals surface area contributed by atoms with Crippen LogP contribution in [0.5, 0.6) is 0 Å². The summed E-state index contributed by atoms with van der Waals surface area (Å²) >= 11 is 0. The zero-order valence-electron chi connectivity index (χ0n) is 10.8. The van der Waals surface area contributed by atoms with Crippen molar-refractivity contribution in [3.8, 4) is 0 Å². The fourth-order valence-corrected chi connectivity index (χ4v) is 2.11. The molecular formula is C13H16F3N3O. The van der Waals surface area contributed by atoms with E-state index in [0.29, 0.717) is 29.9 Å². The Kier molecular flexibility index (Phi) is 4.06. The number of nitrogens with two attached hydrogens (primary N) is 1. The monoisotopic (exact) mass is 287 g/mol. The van der Waals surface area contributed by atoms with Gasteiger partial charge in [-0.25, -0.2) is 0 Å². The van der Waals surface area contributed by atoms with Gasteiger partial charge >= 0.3 is 6.18 Å². The first-order valence-corrected chi connectivity index (χ1v) is 6.38. The number of nitrogen functional groups attached to an aromatic ring is 1. The second-order valence-electron chi connectivity index (χ2n) is 4.79. The normalized spacial score (nSPS) is 14.7. The molecule has 1 heterocycles. The Morgan fingerprint density at radius 2 is 2.05 bits per heavy atom. The second-order valence-corrected chi connectivity index (χ2v) is 4.79. The minimum Gasteiger partial charge on any atom is -0.397 e. The molecule has 20 heavy (non-hydrogen) atoms. The molecular weight excluding hydrogens is 271 g/mol. The van der Waals surface area contributed by atoms with Crippen LogP contribution in [0.3, 0.4) is 0 Å². The lowest BCUT2D eigenvalue weighted by Crippen LogP contribution is -2.19. The predicted octanol–water partition coefficient (Wildman–Crippen LogP) is 2.91. The summed E-state index contributed by atoms with van der Waals surface area (Å²) in [5.41, 5.74) is 8.50. The summed E-state index contributed by atoms with van der Waals surface area (Å²) in [5.74, 6) is -0.0645. The van der Waals surface area contributed by atoms with E-state index in [4.69, 9.17) is 5.73 Å². The van der Waals surface area contributed by atoms with Crippen LogP contribution in [0.1, 0.15) is 24.8 Å². The van der Waals surface area contributed by atoms with Crippen LogP contribution in [0, 0.1) is 0 Å². The van der Waals surface area contributed by atoms with Crippen LogP contribution in [0.4, 0.5) is 30.2 Å². The highest BCUT2D eigenvalue weighted by Gasteiger charge is 2.26. The third-order valence-corrected chi connectivity index (χ3v) is 3.12. The van der Waals surface area contributed by atoms with Crippen molar-refractivity contribution in [2.75, 3.05) is 22.9 Å². The first kappa shape index (κ1) is 14.5. The highest BCUT2D eigenvalue weighted by atomic mass is 19.4. The Bertz CT molecular complexity index is 514. The maximum Gasteiger partial charge on any atom is 0.389 e. The first-order chi connectivity index (χ1) is 9.35. The molecule has 4 N–H and O–H groups in total. The number of fused-ring (bicyclic) bond motifs is 1. The summed E-state index contributed by atoms with van der Waals surface area (Å²) in [6.45, 7) is 0.177. The van der Waals surface area contributed by atoms with E-state index in [1.807, 2.05) is 0 Å². The predicted molar refractivity (Wildman–Crippen MR) is 71.6 cm³/mol. The highest BCUT2D eigenvalue weighted by molar-refractivity contribution is 5.95. The number of hydrogen-bond donors (Lipinski definition) is 3. The van der Waals surface area contributed by atoms with Crippen LogP contribution >= 0.6 is 0 Å². The van der Waals surface area contributed by atoms with Crippen molar-refractivity contribution in [2.45, 2.75) is 31.9 Å². The number of hydrogen-bond acceptors (Lipinski definition) is 3. The lowest BCUT2D eigenvalue weighted by atomic mass is 10.0. The molecule has 1 aromatic carbocycles. The van der Waals surface area contributed by atoms with E-state index in [-0.39, 0.29) is 18.9 Å². The number of halogens is 3. The molecule has 0 saturated carbocycles. The van der Waals surface area contributed by atoms with Gasteiger partial charge in [0.2, 0.25) is 5.91 Å². The van der Waals surface area contributed by atoms with E-state index < -0.39 is 12.6 Å². The zero-order chi connectivity index (χ0) is 14.8. The minimum atomic E-state index is -4.14. The maximum absolute atomic E-state index is 12.0. The molecule has 2 rings (SSSR count). The number of amides is 1. The van der Waals surface area contributed by atoms with Crippen molar-refractivity contribution in [2.24, 2.45) is 0 Å². The molecule has 1 aromatic rings. The fraction of sp³-hybridized carbons (Fsp3) is 0.462. The van der Waals surface area contributed by atoms with E-state index in [1.54, 1.807) is 12.1 Å². The molecule has 1 aliphatic heterocycles. The molecule has 0 unspecified atom stereocenters. The van der Waals surface area contributed by atoms with Gasteiger partial charge in [-0.3, -0.25) is 4.79 Å². The smallest absolute Gasteiger partial charge is 0.389 e. The maximum atomic E-state index is 12.0. The SMILES string of the molecule is Nc1cc2c(cc1NCCCC(F)(F)F)NC(=O)CC2. The average molecular weight is 287 g/mol. The van der Waals surface area contributed by atoms with Crippen LogP contribution in [-0.4, -0.2) is 18.6 Å². The Labute approximate surface area is 114 Å². The Morgan fingerprint density at radius 3 is 2.75 bits per heavy atom. The van der Waals surface area contributed by atoms with E-state index in [0.717, 1.165) is 5.56 Å². The number of carbonyl (C=O) groups is 1. The molecule has 0 radical (unpaired) electrons. The Hall–Kier alpha value is -1.92. The molecule has 110 valence electrons. The third-order valence-electron chi connectivity index (χ3n) is 3.12. The minimum absolute atomic E-state index is 0.0214. The third kappa shape index (κ3) is 3.79. The molecule has 0 aromatic heterocycles. The average Bonchev–Trinajstić information content (AvgIpc) is 2.34. The van der Waals surface area contributed by atoms with Gasteiger partial charge in [-0.1, -0.05) is 0 Å². The summed E-state index contributed by atoms with van der Waals surface area (Å²) in [5, 5.41) is 5.60. The van der Waals surface area contributed by atoms with Gasteiger partial charge < -0.3 is 16.4 Å². The summed E-state index contributed by atoms with van der Waals surface area (Å²) in [4.78, 5) is 11.3. The molecule has 0 bridgehead atoms. The molecule has 0 saturated heterocycles. The van der Waals surface area contributed by atoms with Crippen LogP contribution in [-0.2, 0) is 11.2 Å². The molecule has 1 aliphatic rings. The summed E-state index contributed by atoms with van der Waals surface area (Å²) < 4.78 is 36.1. The lowest BCUT2D eigenvalue weighted by Gasteiger charge is -2.20. The molecule has 0 fully saturated rings. The van der Waals surface area contributed by atoms with E-state index in [1.165, 1.54) is 0 Å². The van der Waals surface area contributed by atoms with Gasteiger partial charge in [-0.2, -0.15) is 13.2 Å². The first-order valence-electron chi connectivity index (χ1n) is 6.38. The van der Waals surface area contributed by atoms with Crippen molar-refractivity contribution in [1.29, 1.82) is 0 Å². The van der Waals surface area contributed by atoms with Crippen LogP contribution < -0.4 is 16.4 Å². The fourth-order valence-electron chi connectivity index (χ4n) is 2.11. The largest absolute Gasteiger partial charge is 0.397 e. The van der Waals surface area contributed by atoms with Gasteiger partial charge in [-0.05, 0) is 30.5 Å². The van der Waals surface area contributed by atoms with Gasteiger partial charge in [-0.15, -0.1) is 0 Å². The number of rotatable bonds is 4. The second kappa shape index (κ2) is 5.60. The number of aryl methyl sites for hydroxylation is 1. The van der Waals surface area contributed by atoms with Crippen molar-refractivity contribution >= 4 is 23.0 Å². The van der Waals surface area contributed by atoms with Crippen molar-refractivity contribution < 1.29 is 18.0 Å². The van der Waals surface area contributed by atoms with Gasteiger partial charge in [0.05, 0.1) is 11.4 Å². The quantitative estimate of drug-likeness (QED) is 0.589. The number of alkyl halides is 3. The van der Waals surface area contributed by atoms with E-state index in [9.17, 15) is 18.0 Å². The lowest BCUT2D eigenvalue weighted by molar-refractivity contribution is -0.134. The summed E-state index contributed by atoms with van der Waals surface area (Å²) in [6, 6.07) is 3.43. The van der Waals surface area contributed by atoms with Crippen molar-refractivity contribution in [3.05, 3.63) is 17.7 Å². The van der Waals surface area contributed by atoms with Crippen LogP contribution in [0.2, 0.25) is 0 Å². The van der Waals surface area contributed by atoms with Gasteiger partial charge in [0.15, 0.2) is 0 Å². The number of nitrogens with one attached hydrogen (secondary N) is 2. The zero-order valence-corrected chi connectivity index (χ0v) is 10.8. The van der Waals surface area contributed by atoms with Gasteiger partial charge in [0.1, 0.15) is 0 Å². The van der Waals surface area contributed by atoms with Crippen molar-refractivity contribution in [3.63, 3.8) is 0 Å². The molecule has 1 amide bonds. The van der Waals surface area contributed by atoms with Crippen molar-refractivity contribution in [1.82, 2.24) is 0 Å². The number of benzene rings is 1. The van der Waals surface area contributed by atoms with E-state index >= 15 is 0 Å². The van der Waals surface area contributed by atoms with E-state index in [2.05, 4.69) is 10.6 Å². The molecule has 7 heteroatoms. The molecule has 4 nitrogen and oxygen atoms in total. The topological polar surface area (TPSA) is 67.2 Å². The molecule has 0 atom stereocenters. The molecule has 0 spiro atoms. The molecule has 0 aliphatic carbocycles. The number of anilines is 3. The summed E-state index contributed by atoms with van der Waals surface area (Å²) in [6.07, 6.45) is -3.95. The number of carbonyl (C=O) groups excluding carboxylic acids is 1. The van der Waals surface area contributed by atoms with Gasteiger partial charge in [0.25, 0.3) is 0 Å².